The summed E-state index contributed by atoms with van der Waals surface area (Å²) in [6.45, 7) is 6.11. The summed E-state index contributed by atoms with van der Waals surface area (Å²) in [4.78, 5) is 6.79. The van der Waals surface area contributed by atoms with Crippen LogP contribution in [0.15, 0.2) is 6.07 Å². The minimum absolute atomic E-state index is 0.468. The molecule has 0 amide bonds. The predicted octanol–water partition coefficient (Wildman–Crippen LogP) is 2.15. The molecule has 1 aromatic rings. The fraction of sp³-hybridized carbons (Fsp3) is 0.600. The van der Waals surface area contributed by atoms with E-state index < -0.39 is 0 Å². The number of hydrogen-bond acceptors (Lipinski definition) is 4. The van der Waals surface area contributed by atoms with Crippen molar-refractivity contribution >= 4 is 5.82 Å². The van der Waals surface area contributed by atoms with Gasteiger partial charge >= 0.3 is 0 Å². The minimum Gasteiger partial charge on any atom is -0.356 e. The molecule has 102 valence electrons. The molecule has 4 heteroatoms. The van der Waals surface area contributed by atoms with E-state index >= 15 is 0 Å². The summed E-state index contributed by atoms with van der Waals surface area (Å²) >= 11 is 0. The number of nitrogens with zero attached hydrogens (tertiary/aromatic N) is 3. The Morgan fingerprint density at radius 3 is 2.89 bits per heavy atom. The first-order valence-corrected chi connectivity index (χ1v) is 6.95. The van der Waals surface area contributed by atoms with Gasteiger partial charge in [-0.1, -0.05) is 0 Å². The van der Waals surface area contributed by atoms with Gasteiger partial charge < -0.3 is 10.2 Å². The lowest BCUT2D eigenvalue weighted by molar-refractivity contribution is 0.562. The Hall–Kier alpha value is -1.60. The van der Waals surface area contributed by atoms with Crippen molar-refractivity contribution in [3.05, 3.63) is 22.9 Å². The van der Waals surface area contributed by atoms with Crippen molar-refractivity contribution in [3.63, 3.8) is 0 Å². The van der Waals surface area contributed by atoms with Gasteiger partial charge in [0.15, 0.2) is 0 Å². The van der Waals surface area contributed by atoms with Crippen molar-refractivity contribution in [3.8, 4) is 6.07 Å². The maximum Gasteiger partial charge on any atom is 0.147 e. The highest BCUT2D eigenvalue weighted by atomic mass is 15.2. The maximum atomic E-state index is 9.36. The number of aromatic nitrogens is 1. The predicted molar refractivity (Wildman–Crippen MR) is 77.3 cm³/mol. The molecule has 0 spiro atoms. The van der Waals surface area contributed by atoms with Gasteiger partial charge in [-0.15, -0.1) is 0 Å². The van der Waals surface area contributed by atoms with Crippen LogP contribution in [-0.2, 0) is 0 Å². The normalized spacial score (nSPS) is 19.6. The summed E-state index contributed by atoms with van der Waals surface area (Å²) in [6, 6.07) is 4.75. The van der Waals surface area contributed by atoms with Crippen LogP contribution in [0.25, 0.3) is 0 Å². The lowest BCUT2D eigenvalue weighted by Crippen LogP contribution is -2.34. The van der Waals surface area contributed by atoms with Crippen LogP contribution in [0.4, 0.5) is 5.82 Å². The Morgan fingerprint density at radius 2 is 2.16 bits per heavy atom. The first-order valence-electron chi connectivity index (χ1n) is 6.95. The summed E-state index contributed by atoms with van der Waals surface area (Å²) < 4.78 is 0. The molecule has 0 saturated carbocycles. The number of aryl methyl sites for hydroxylation is 2. The van der Waals surface area contributed by atoms with Crippen LogP contribution in [0.2, 0.25) is 0 Å². The van der Waals surface area contributed by atoms with Gasteiger partial charge in [-0.25, -0.2) is 4.98 Å². The highest BCUT2D eigenvalue weighted by Crippen LogP contribution is 2.25. The smallest absolute Gasteiger partial charge is 0.147 e. The quantitative estimate of drug-likeness (QED) is 0.883. The fourth-order valence-electron chi connectivity index (χ4n) is 2.77. The molecule has 0 bridgehead atoms. The SMILES string of the molecule is Cc1cc(C)c(C#N)c(N(C)C2CCCNCC2)n1. The van der Waals surface area contributed by atoms with Gasteiger partial charge in [0.1, 0.15) is 11.9 Å². The second-order valence-corrected chi connectivity index (χ2v) is 5.34. The molecule has 1 aliphatic rings. The van der Waals surface area contributed by atoms with E-state index in [4.69, 9.17) is 0 Å². The summed E-state index contributed by atoms with van der Waals surface area (Å²) in [7, 11) is 2.07. The van der Waals surface area contributed by atoms with E-state index in [1.54, 1.807) is 0 Å². The van der Waals surface area contributed by atoms with Gasteiger partial charge in [-0.05, 0) is 57.8 Å². The van der Waals surface area contributed by atoms with Gasteiger partial charge in [0, 0.05) is 18.8 Å². The van der Waals surface area contributed by atoms with E-state index in [-0.39, 0.29) is 0 Å². The first-order chi connectivity index (χ1) is 9.13. The molecule has 1 N–H and O–H groups in total. The molecule has 1 saturated heterocycles. The second-order valence-electron chi connectivity index (χ2n) is 5.34. The maximum absolute atomic E-state index is 9.36. The van der Waals surface area contributed by atoms with Crippen molar-refractivity contribution in [2.24, 2.45) is 0 Å². The zero-order valence-corrected chi connectivity index (χ0v) is 12.0. The highest BCUT2D eigenvalue weighted by molar-refractivity contribution is 5.58. The molecular weight excluding hydrogens is 236 g/mol. The molecule has 2 heterocycles. The van der Waals surface area contributed by atoms with Gasteiger partial charge in [0.2, 0.25) is 0 Å². The molecule has 1 atom stereocenters. The van der Waals surface area contributed by atoms with Crippen LogP contribution in [0, 0.1) is 25.2 Å². The molecule has 0 aromatic carbocycles. The number of nitriles is 1. The number of hydrogen-bond donors (Lipinski definition) is 1. The minimum atomic E-state index is 0.468. The van der Waals surface area contributed by atoms with E-state index in [0.717, 1.165) is 43.0 Å². The standard InChI is InChI=1S/C15H22N4/c1-11-9-12(2)18-15(14(11)10-16)19(3)13-5-4-7-17-8-6-13/h9,13,17H,4-8H2,1-3H3. The van der Waals surface area contributed by atoms with Gasteiger partial charge in [-0.2, -0.15) is 5.26 Å². The second kappa shape index (κ2) is 6.03. The van der Waals surface area contributed by atoms with Crippen molar-refractivity contribution in [1.29, 1.82) is 5.26 Å². The summed E-state index contributed by atoms with van der Waals surface area (Å²) in [5.41, 5.74) is 2.71. The molecule has 1 unspecified atom stereocenters. The van der Waals surface area contributed by atoms with Gasteiger partial charge in [0.05, 0.1) is 5.56 Å². The number of rotatable bonds is 2. The van der Waals surface area contributed by atoms with Crippen LogP contribution in [0.3, 0.4) is 0 Å². The molecule has 1 aromatic heterocycles. The number of anilines is 1. The Kier molecular flexibility index (Phi) is 4.39. The van der Waals surface area contributed by atoms with Crippen molar-refractivity contribution in [1.82, 2.24) is 10.3 Å². The van der Waals surface area contributed by atoms with Crippen molar-refractivity contribution < 1.29 is 0 Å². The zero-order valence-electron chi connectivity index (χ0n) is 12.0. The zero-order chi connectivity index (χ0) is 13.8. The van der Waals surface area contributed by atoms with E-state index in [1.807, 2.05) is 19.9 Å². The third-order valence-corrected chi connectivity index (χ3v) is 3.86. The van der Waals surface area contributed by atoms with E-state index in [9.17, 15) is 5.26 Å². The van der Waals surface area contributed by atoms with Gasteiger partial charge in [0.25, 0.3) is 0 Å². The Morgan fingerprint density at radius 1 is 1.37 bits per heavy atom. The summed E-state index contributed by atoms with van der Waals surface area (Å²) in [5, 5.41) is 12.8. The Bertz CT molecular complexity index is 482. The van der Waals surface area contributed by atoms with Crippen molar-refractivity contribution in [2.75, 3.05) is 25.0 Å². The van der Waals surface area contributed by atoms with Crippen LogP contribution in [0.1, 0.15) is 36.1 Å². The van der Waals surface area contributed by atoms with E-state index in [1.165, 1.54) is 6.42 Å². The molecule has 19 heavy (non-hydrogen) atoms. The third kappa shape index (κ3) is 3.05. The van der Waals surface area contributed by atoms with E-state index in [2.05, 4.69) is 28.3 Å². The number of nitrogens with one attached hydrogen (secondary N) is 1. The van der Waals surface area contributed by atoms with Crippen molar-refractivity contribution in [2.45, 2.75) is 39.2 Å². The van der Waals surface area contributed by atoms with Crippen LogP contribution >= 0.6 is 0 Å². The van der Waals surface area contributed by atoms with Crippen LogP contribution in [0.5, 0.6) is 0 Å². The molecule has 1 aliphatic heterocycles. The average Bonchev–Trinajstić information content (AvgIpc) is 2.66. The van der Waals surface area contributed by atoms with E-state index in [0.29, 0.717) is 11.6 Å². The van der Waals surface area contributed by atoms with Crippen LogP contribution in [-0.4, -0.2) is 31.2 Å². The summed E-state index contributed by atoms with van der Waals surface area (Å²) in [5.74, 6) is 0.840. The largest absolute Gasteiger partial charge is 0.356 e. The lowest BCUT2D eigenvalue weighted by Gasteiger charge is -2.29. The molecule has 4 nitrogen and oxygen atoms in total. The highest BCUT2D eigenvalue weighted by Gasteiger charge is 2.21. The Balaban J connectivity index is 2.32. The molecule has 2 rings (SSSR count). The molecule has 1 fully saturated rings. The topological polar surface area (TPSA) is 52.0 Å². The fourth-order valence-corrected chi connectivity index (χ4v) is 2.77. The van der Waals surface area contributed by atoms with Gasteiger partial charge in [-0.3, -0.25) is 0 Å². The lowest BCUT2D eigenvalue weighted by atomic mass is 10.1. The number of pyridine rings is 1. The molecular formula is C15H22N4. The summed E-state index contributed by atoms with van der Waals surface area (Å²) in [6.07, 6.45) is 3.45. The molecule has 0 aliphatic carbocycles. The van der Waals surface area contributed by atoms with Crippen LogP contribution < -0.4 is 10.2 Å². The monoisotopic (exact) mass is 258 g/mol. The average molecular weight is 258 g/mol. The first kappa shape index (κ1) is 13.8. The Labute approximate surface area is 115 Å². The third-order valence-electron chi connectivity index (χ3n) is 3.86. The molecule has 0 radical (unpaired) electrons.